The number of rotatable bonds is 3. The van der Waals surface area contributed by atoms with Crippen LogP contribution in [0, 0.1) is 17.5 Å². The Kier molecular flexibility index (Phi) is 5.24. The number of Topliss-reactive ketones (excluding diaryl/α,β-unsaturated/α-hetero) is 1. The van der Waals surface area contributed by atoms with Gasteiger partial charge in [0.1, 0.15) is 36.4 Å². The molecule has 1 amide bonds. The number of aliphatic hydroxyl groups excluding tert-OH is 1. The second kappa shape index (κ2) is 8.26. The van der Waals surface area contributed by atoms with Gasteiger partial charge in [-0.2, -0.15) is 0 Å². The van der Waals surface area contributed by atoms with Gasteiger partial charge in [-0.25, -0.2) is 13.2 Å². The average Bonchev–Trinajstić information content (AvgIpc) is 3.09. The number of halogens is 3. The number of carbonyl (C=O) groups is 2. The normalized spacial score (nSPS) is 18.9. The molecule has 5 rings (SSSR count). The fourth-order valence-electron chi connectivity index (χ4n) is 4.06. The lowest BCUT2D eigenvalue weighted by Gasteiger charge is -2.26. The minimum atomic E-state index is -1.30. The summed E-state index contributed by atoms with van der Waals surface area (Å²) in [5.41, 5.74) is -0.298. The fourth-order valence-corrected chi connectivity index (χ4v) is 4.06. The molecule has 0 radical (unpaired) electrons. The standard InChI is InChI=1S/C25H16F3NO5/c26-15-4-1-13(2-5-15)22-21(23(30)14-3-8-19-20(11-14)34-10-9-33-19)24(31)25(32)29(22)18-7-6-16(27)12-17(18)28/h1-8,11-12,22,30H,9-10H2/b23-21-. The molecule has 1 N–H and O–H groups in total. The van der Waals surface area contributed by atoms with Crippen LogP contribution in [0.15, 0.2) is 66.2 Å². The van der Waals surface area contributed by atoms with E-state index in [9.17, 15) is 27.9 Å². The van der Waals surface area contributed by atoms with Crippen LogP contribution in [0.1, 0.15) is 17.2 Å². The predicted molar refractivity (Wildman–Crippen MR) is 115 cm³/mol. The molecule has 6 nitrogen and oxygen atoms in total. The van der Waals surface area contributed by atoms with Crippen molar-refractivity contribution in [3.8, 4) is 11.5 Å². The molecule has 3 aromatic carbocycles. The van der Waals surface area contributed by atoms with E-state index in [2.05, 4.69) is 0 Å². The summed E-state index contributed by atoms with van der Waals surface area (Å²) in [6.07, 6.45) is 0. The summed E-state index contributed by atoms with van der Waals surface area (Å²) in [5, 5.41) is 11.1. The zero-order valence-electron chi connectivity index (χ0n) is 17.4. The lowest BCUT2D eigenvalue weighted by Crippen LogP contribution is -2.30. The highest BCUT2D eigenvalue weighted by molar-refractivity contribution is 6.51. The van der Waals surface area contributed by atoms with Crippen molar-refractivity contribution in [1.82, 2.24) is 0 Å². The predicted octanol–water partition coefficient (Wildman–Crippen LogP) is 4.50. The molecule has 1 fully saturated rings. The Balaban J connectivity index is 1.71. The van der Waals surface area contributed by atoms with Gasteiger partial charge in [-0.15, -0.1) is 0 Å². The number of nitrogens with zero attached hydrogens (tertiary/aromatic N) is 1. The van der Waals surface area contributed by atoms with Crippen molar-refractivity contribution in [2.45, 2.75) is 6.04 Å². The minimum Gasteiger partial charge on any atom is -0.507 e. The highest BCUT2D eigenvalue weighted by atomic mass is 19.1. The van der Waals surface area contributed by atoms with Gasteiger partial charge in [-0.1, -0.05) is 12.1 Å². The van der Waals surface area contributed by atoms with Crippen molar-refractivity contribution in [3.05, 3.63) is 94.8 Å². The third-order valence-corrected chi connectivity index (χ3v) is 5.62. The van der Waals surface area contributed by atoms with Crippen LogP contribution in [0.25, 0.3) is 5.76 Å². The van der Waals surface area contributed by atoms with E-state index in [1.165, 1.54) is 24.3 Å². The monoisotopic (exact) mass is 467 g/mol. The number of ether oxygens (including phenoxy) is 2. The molecular formula is C25H16F3NO5. The summed E-state index contributed by atoms with van der Waals surface area (Å²) >= 11 is 0. The molecular weight excluding hydrogens is 451 g/mol. The van der Waals surface area contributed by atoms with Crippen LogP contribution in [0.2, 0.25) is 0 Å². The molecule has 2 aliphatic heterocycles. The molecule has 172 valence electrons. The zero-order valence-corrected chi connectivity index (χ0v) is 17.4. The minimum absolute atomic E-state index is 0.161. The zero-order chi connectivity index (χ0) is 24.0. The lowest BCUT2D eigenvalue weighted by molar-refractivity contribution is -0.132. The number of hydrogen-bond acceptors (Lipinski definition) is 5. The third-order valence-electron chi connectivity index (χ3n) is 5.62. The third kappa shape index (κ3) is 3.55. The van der Waals surface area contributed by atoms with Gasteiger partial charge in [-0.3, -0.25) is 14.5 Å². The Bertz CT molecular complexity index is 1350. The summed E-state index contributed by atoms with van der Waals surface area (Å²) in [5.74, 6) is -4.46. The number of anilines is 1. The second-order valence-corrected chi connectivity index (χ2v) is 7.67. The van der Waals surface area contributed by atoms with Gasteiger partial charge in [0.25, 0.3) is 11.7 Å². The number of aliphatic hydroxyl groups is 1. The van der Waals surface area contributed by atoms with Crippen LogP contribution in [0.4, 0.5) is 18.9 Å². The van der Waals surface area contributed by atoms with E-state index in [1.807, 2.05) is 0 Å². The topological polar surface area (TPSA) is 76.1 Å². The maximum absolute atomic E-state index is 14.7. The van der Waals surface area contributed by atoms with Crippen molar-refractivity contribution in [2.24, 2.45) is 0 Å². The second-order valence-electron chi connectivity index (χ2n) is 7.67. The quantitative estimate of drug-likeness (QED) is 0.349. The molecule has 1 saturated heterocycles. The van der Waals surface area contributed by atoms with Crippen molar-refractivity contribution >= 4 is 23.1 Å². The molecule has 1 atom stereocenters. The van der Waals surface area contributed by atoms with Gasteiger partial charge in [0.05, 0.1) is 17.3 Å². The maximum atomic E-state index is 14.7. The van der Waals surface area contributed by atoms with Crippen LogP contribution in [-0.4, -0.2) is 30.0 Å². The van der Waals surface area contributed by atoms with E-state index in [0.717, 1.165) is 29.2 Å². The Morgan fingerprint density at radius 3 is 2.24 bits per heavy atom. The van der Waals surface area contributed by atoms with Crippen LogP contribution in [0.3, 0.4) is 0 Å². The van der Waals surface area contributed by atoms with Crippen molar-refractivity contribution < 1.29 is 37.3 Å². The Morgan fingerprint density at radius 1 is 0.853 bits per heavy atom. The number of ketones is 1. The van der Waals surface area contributed by atoms with Gasteiger partial charge >= 0.3 is 0 Å². The number of carbonyl (C=O) groups excluding carboxylic acids is 2. The first kappa shape index (κ1) is 21.6. The molecule has 0 spiro atoms. The first-order chi connectivity index (χ1) is 16.3. The summed E-state index contributed by atoms with van der Waals surface area (Å²) in [7, 11) is 0. The SMILES string of the molecule is O=C1C(=O)N(c2ccc(F)cc2F)C(c2ccc(F)cc2)/C1=C(/O)c1ccc2c(c1)OCCO2. The van der Waals surface area contributed by atoms with E-state index in [-0.39, 0.29) is 22.4 Å². The molecule has 0 aromatic heterocycles. The van der Waals surface area contributed by atoms with Crippen LogP contribution in [-0.2, 0) is 9.59 Å². The largest absolute Gasteiger partial charge is 0.507 e. The van der Waals surface area contributed by atoms with Crippen LogP contribution < -0.4 is 14.4 Å². The van der Waals surface area contributed by atoms with E-state index >= 15 is 0 Å². The number of hydrogen-bond donors (Lipinski definition) is 1. The molecule has 2 aliphatic rings. The van der Waals surface area contributed by atoms with Crippen molar-refractivity contribution in [1.29, 1.82) is 0 Å². The highest BCUT2D eigenvalue weighted by Crippen LogP contribution is 2.44. The molecule has 0 aliphatic carbocycles. The van der Waals surface area contributed by atoms with E-state index < -0.39 is 40.9 Å². The highest BCUT2D eigenvalue weighted by Gasteiger charge is 2.47. The Morgan fingerprint density at radius 2 is 1.53 bits per heavy atom. The number of amides is 1. The van der Waals surface area contributed by atoms with Gasteiger partial charge in [0, 0.05) is 11.6 Å². The molecule has 1 unspecified atom stereocenters. The summed E-state index contributed by atoms with van der Waals surface area (Å²) in [6, 6.07) is 10.6. The summed E-state index contributed by atoms with van der Waals surface area (Å²) in [4.78, 5) is 26.9. The summed E-state index contributed by atoms with van der Waals surface area (Å²) < 4.78 is 52.8. The van der Waals surface area contributed by atoms with E-state index in [1.54, 1.807) is 6.07 Å². The van der Waals surface area contributed by atoms with E-state index in [4.69, 9.17) is 9.47 Å². The number of benzene rings is 3. The molecule has 3 aromatic rings. The molecule has 0 bridgehead atoms. The Labute approximate surface area is 191 Å². The smallest absolute Gasteiger partial charge is 0.300 e. The lowest BCUT2D eigenvalue weighted by atomic mass is 9.95. The summed E-state index contributed by atoms with van der Waals surface area (Å²) in [6.45, 7) is 0.651. The van der Waals surface area contributed by atoms with Crippen LogP contribution >= 0.6 is 0 Å². The molecule has 9 heteroatoms. The molecule has 0 saturated carbocycles. The van der Waals surface area contributed by atoms with Crippen molar-refractivity contribution in [2.75, 3.05) is 18.1 Å². The average molecular weight is 467 g/mol. The first-order valence-electron chi connectivity index (χ1n) is 10.3. The van der Waals surface area contributed by atoms with Gasteiger partial charge in [0.15, 0.2) is 11.5 Å². The van der Waals surface area contributed by atoms with Crippen LogP contribution in [0.5, 0.6) is 11.5 Å². The van der Waals surface area contributed by atoms with E-state index in [0.29, 0.717) is 30.8 Å². The number of fused-ring (bicyclic) bond motifs is 1. The Hall–Kier alpha value is -4.27. The van der Waals surface area contributed by atoms with Gasteiger partial charge in [-0.05, 0) is 48.0 Å². The van der Waals surface area contributed by atoms with Gasteiger partial charge < -0.3 is 14.6 Å². The fraction of sp³-hybridized carbons (Fsp3) is 0.120. The first-order valence-corrected chi connectivity index (χ1v) is 10.3. The maximum Gasteiger partial charge on any atom is 0.300 e. The van der Waals surface area contributed by atoms with Gasteiger partial charge in [0.2, 0.25) is 0 Å². The molecule has 34 heavy (non-hydrogen) atoms. The van der Waals surface area contributed by atoms with Crippen molar-refractivity contribution in [3.63, 3.8) is 0 Å². The molecule has 2 heterocycles.